The van der Waals surface area contributed by atoms with E-state index in [1.54, 1.807) is 19.9 Å². The van der Waals surface area contributed by atoms with Gasteiger partial charge in [-0.25, -0.2) is 9.18 Å². The molecule has 1 aromatic heterocycles. The highest BCUT2D eigenvalue weighted by molar-refractivity contribution is 6.03. The molecule has 0 aliphatic carbocycles. The third kappa shape index (κ3) is 4.28. The van der Waals surface area contributed by atoms with E-state index in [4.69, 9.17) is 15.2 Å². The first-order valence-electron chi connectivity index (χ1n) is 9.51. The van der Waals surface area contributed by atoms with Gasteiger partial charge in [-0.3, -0.25) is 18.7 Å². The van der Waals surface area contributed by atoms with Gasteiger partial charge in [-0.15, -0.1) is 0 Å². The van der Waals surface area contributed by atoms with Crippen LogP contribution in [0.15, 0.2) is 33.9 Å². The number of ether oxygens (including phenoxy) is 2. The number of nitrogens with one attached hydrogen (secondary N) is 1. The molecule has 1 amide bonds. The highest BCUT2D eigenvalue weighted by Crippen LogP contribution is 2.22. The molecular weight excluding hydrogens is 395 g/mol. The molecule has 0 atom stereocenters. The van der Waals surface area contributed by atoms with Crippen LogP contribution in [0.3, 0.4) is 0 Å². The largest absolute Gasteiger partial charge is 0.483 e. The fraction of sp³-hybridized carbons (Fsp3) is 0.350. The van der Waals surface area contributed by atoms with Crippen molar-refractivity contribution in [2.45, 2.75) is 33.0 Å². The predicted molar refractivity (Wildman–Crippen MR) is 110 cm³/mol. The first-order valence-corrected chi connectivity index (χ1v) is 9.51. The number of amides is 1. The molecule has 30 heavy (non-hydrogen) atoms. The van der Waals surface area contributed by atoms with E-state index in [2.05, 4.69) is 5.32 Å². The lowest BCUT2D eigenvalue weighted by molar-refractivity contribution is -0.111. The summed E-state index contributed by atoms with van der Waals surface area (Å²) in [6.07, 6.45) is 2.38. The molecule has 0 spiro atoms. The number of hydrogen-bond donors (Lipinski definition) is 2. The quantitative estimate of drug-likeness (QED) is 0.653. The normalized spacial score (nSPS) is 14.0. The average Bonchev–Trinajstić information content (AvgIpc) is 2.68. The molecule has 3 N–H and O–H groups in total. The van der Waals surface area contributed by atoms with E-state index in [1.165, 1.54) is 22.8 Å². The number of benzene rings is 1. The summed E-state index contributed by atoms with van der Waals surface area (Å²) in [6.45, 7) is 4.57. The highest BCUT2D eigenvalue weighted by atomic mass is 19.1. The van der Waals surface area contributed by atoms with E-state index in [0.717, 1.165) is 10.6 Å². The molecule has 1 saturated heterocycles. The van der Waals surface area contributed by atoms with Crippen molar-refractivity contribution in [1.82, 2.24) is 9.13 Å². The van der Waals surface area contributed by atoms with Crippen LogP contribution in [0.1, 0.15) is 19.4 Å². The second kappa shape index (κ2) is 8.95. The van der Waals surface area contributed by atoms with Gasteiger partial charge in [0.2, 0.25) is 5.91 Å². The van der Waals surface area contributed by atoms with E-state index >= 15 is 0 Å². The minimum Gasteiger partial charge on any atom is -0.483 e. The van der Waals surface area contributed by atoms with Crippen LogP contribution in [0.4, 0.5) is 15.9 Å². The molecule has 160 valence electrons. The molecule has 1 aromatic carbocycles. The molecule has 1 aliphatic heterocycles. The fourth-order valence-corrected chi connectivity index (χ4v) is 2.93. The number of carbonyl (C=O) groups excluding carboxylic acids is 1. The molecule has 9 nitrogen and oxygen atoms in total. The van der Waals surface area contributed by atoms with Crippen molar-refractivity contribution >= 4 is 23.5 Å². The summed E-state index contributed by atoms with van der Waals surface area (Å²) in [6, 6.07) is 4.30. The molecule has 0 saturated carbocycles. The molecular formula is C20H23FN4O5. The van der Waals surface area contributed by atoms with Crippen LogP contribution < -0.4 is 27.0 Å². The van der Waals surface area contributed by atoms with Crippen LogP contribution in [-0.2, 0) is 22.6 Å². The van der Waals surface area contributed by atoms with Crippen molar-refractivity contribution in [3.8, 4) is 5.75 Å². The average molecular weight is 418 g/mol. The van der Waals surface area contributed by atoms with E-state index in [9.17, 15) is 18.8 Å². The fourth-order valence-electron chi connectivity index (χ4n) is 2.93. The zero-order valence-corrected chi connectivity index (χ0v) is 16.7. The van der Waals surface area contributed by atoms with Gasteiger partial charge in [0, 0.05) is 19.2 Å². The van der Waals surface area contributed by atoms with Crippen molar-refractivity contribution < 1.29 is 18.7 Å². The number of nitrogen functional groups attached to an aromatic ring is 1. The third-order valence-corrected chi connectivity index (χ3v) is 4.63. The minimum absolute atomic E-state index is 0.111. The van der Waals surface area contributed by atoms with E-state index < -0.39 is 23.0 Å². The molecule has 10 heteroatoms. The summed E-state index contributed by atoms with van der Waals surface area (Å²) in [5.41, 5.74) is 4.94. The van der Waals surface area contributed by atoms with Gasteiger partial charge in [-0.05, 0) is 37.6 Å². The number of anilines is 2. The number of nitrogens with two attached hydrogens (primary N) is 1. The number of halogens is 1. The topological polar surface area (TPSA) is 118 Å². The maximum Gasteiger partial charge on any atom is 0.332 e. The van der Waals surface area contributed by atoms with Crippen LogP contribution in [0.2, 0.25) is 0 Å². The Balaban J connectivity index is 1.77. The van der Waals surface area contributed by atoms with Gasteiger partial charge in [0.25, 0.3) is 5.56 Å². The van der Waals surface area contributed by atoms with Crippen molar-refractivity contribution in [1.29, 1.82) is 0 Å². The second-order valence-corrected chi connectivity index (χ2v) is 6.63. The monoisotopic (exact) mass is 418 g/mol. The lowest BCUT2D eigenvalue weighted by Crippen LogP contribution is -2.42. The highest BCUT2D eigenvalue weighted by Gasteiger charge is 2.21. The van der Waals surface area contributed by atoms with Crippen molar-refractivity contribution in [3.05, 3.63) is 56.5 Å². The number of rotatable bonds is 7. The molecule has 0 unspecified atom stereocenters. The van der Waals surface area contributed by atoms with Gasteiger partial charge >= 0.3 is 5.69 Å². The van der Waals surface area contributed by atoms with Crippen molar-refractivity contribution in [2.75, 3.05) is 24.3 Å². The summed E-state index contributed by atoms with van der Waals surface area (Å²) < 4.78 is 26.8. The lowest BCUT2D eigenvalue weighted by Gasteiger charge is -2.26. The molecule has 0 bridgehead atoms. The Labute approximate surface area is 171 Å². The Morgan fingerprint density at radius 3 is 2.57 bits per heavy atom. The van der Waals surface area contributed by atoms with E-state index in [-0.39, 0.29) is 36.4 Å². The number of carbonyl (C=O) groups is 1. The summed E-state index contributed by atoms with van der Waals surface area (Å²) in [7, 11) is 0. The Bertz CT molecular complexity index is 1100. The predicted octanol–water partition coefficient (Wildman–Crippen LogP) is 1.20. The number of aromatic nitrogens is 2. The van der Waals surface area contributed by atoms with Gasteiger partial charge < -0.3 is 20.5 Å². The van der Waals surface area contributed by atoms with E-state index in [1.807, 2.05) is 0 Å². The van der Waals surface area contributed by atoms with E-state index in [0.29, 0.717) is 18.8 Å². The zero-order valence-electron chi connectivity index (χ0n) is 16.7. The first kappa shape index (κ1) is 21.3. The Hall–Kier alpha value is -3.40. The number of hydrogen-bond acceptors (Lipinski definition) is 6. The SMILES string of the molecule is CCn1c(N)c(NC(=O)/C=C/c2ccc(OC3COC3)c(F)c2)c(=O)n(CC)c1=O. The zero-order chi connectivity index (χ0) is 21.8. The Morgan fingerprint density at radius 2 is 2.00 bits per heavy atom. The lowest BCUT2D eigenvalue weighted by atomic mass is 10.2. The molecule has 2 aromatic rings. The van der Waals surface area contributed by atoms with Crippen LogP contribution in [-0.4, -0.2) is 34.4 Å². The third-order valence-electron chi connectivity index (χ3n) is 4.63. The summed E-state index contributed by atoms with van der Waals surface area (Å²) >= 11 is 0. The van der Waals surface area contributed by atoms with Gasteiger partial charge in [0.1, 0.15) is 17.6 Å². The first-order chi connectivity index (χ1) is 14.3. The van der Waals surface area contributed by atoms with Gasteiger partial charge in [-0.2, -0.15) is 0 Å². The Morgan fingerprint density at radius 1 is 1.30 bits per heavy atom. The Kier molecular flexibility index (Phi) is 6.36. The smallest absolute Gasteiger partial charge is 0.332 e. The van der Waals surface area contributed by atoms with Crippen LogP contribution in [0, 0.1) is 5.82 Å². The molecule has 0 radical (unpaired) electrons. The molecule has 3 rings (SSSR count). The molecule has 2 heterocycles. The maximum atomic E-state index is 14.2. The second-order valence-electron chi connectivity index (χ2n) is 6.63. The number of nitrogens with zero attached hydrogens (tertiary/aromatic N) is 2. The standard InChI is InChI=1S/C20H23FN4O5/c1-3-24-18(22)17(19(27)25(4-2)20(24)28)23-16(26)8-6-12-5-7-15(14(21)9-12)30-13-10-29-11-13/h5-9,13H,3-4,10-11,22H2,1-2H3,(H,23,26)/b8-6+. The van der Waals surface area contributed by atoms with Gasteiger partial charge in [0.15, 0.2) is 11.6 Å². The molecule has 1 fully saturated rings. The summed E-state index contributed by atoms with van der Waals surface area (Å²) in [4.78, 5) is 37.0. The minimum atomic E-state index is -0.682. The maximum absolute atomic E-state index is 14.2. The summed E-state index contributed by atoms with van der Waals surface area (Å²) in [5.74, 6) is -1.21. The van der Waals surface area contributed by atoms with Gasteiger partial charge in [-0.1, -0.05) is 6.07 Å². The van der Waals surface area contributed by atoms with Crippen molar-refractivity contribution in [2.24, 2.45) is 0 Å². The van der Waals surface area contributed by atoms with Crippen LogP contribution in [0.5, 0.6) is 5.75 Å². The van der Waals surface area contributed by atoms with Crippen LogP contribution >= 0.6 is 0 Å². The van der Waals surface area contributed by atoms with Gasteiger partial charge in [0.05, 0.1) is 13.2 Å². The summed E-state index contributed by atoms with van der Waals surface area (Å²) in [5, 5.41) is 2.42. The van der Waals surface area contributed by atoms with Crippen molar-refractivity contribution in [3.63, 3.8) is 0 Å². The molecule has 1 aliphatic rings. The van der Waals surface area contributed by atoms with Crippen LogP contribution in [0.25, 0.3) is 6.08 Å².